The molecule has 0 saturated heterocycles. The summed E-state index contributed by atoms with van der Waals surface area (Å²) in [6.45, 7) is 6.45. The van der Waals surface area contributed by atoms with Crippen molar-refractivity contribution in [2.75, 3.05) is 38.6 Å². The smallest absolute Gasteiger partial charge is 0.242 e. The van der Waals surface area contributed by atoms with Gasteiger partial charge in [-0.3, -0.25) is 4.79 Å². The number of carbonyl (C=O) groups excluding carboxylic acids is 1. The van der Waals surface area contributed by atoms with Crippen molar-refractivity contribution >= 4 is 11.9 Å². The van der Waals surface area contributed by atoms with Crippen LogP contribution in [-0.2, 0) is 11.3 Å². The summed E-state index contributed by atoms with van der Waals surface area (Å²) >= 11 is 0. The van der Waals surface area contributed by atoms with E-state index in [0.717, 1.165) is 25.2 Å². The molecule has 0 aliphatic carbocycles. The molecule has 0 unspecified atom stereocenters. The summed E-state index contributed by atoms with van der Waals surface area (Å²) in [5.41, 5.74) is 1.02. The molecule has 1 rings (SSSR count). The summed E-state index contributed by atoms with van der Waals surface area (Å²) in [5.74, 6) is 0.663. The van der Waals surface area contributed by atoms with Gasteiger partial charge in [-0.25, -0.2) is 9.97 Å². The Labute approximate surface area is 114 Å². The molecule has 0 aromatic carbocycles. The average molecular weight is 265 g/mol. The molecular weight excluding hydrogens is 242 g/mol. The lowest BCUT2D eigenvalue weighted by atomic mass is 10.3. The Bertz CT molecular complexity index is 389. The van der Waals surface area contributed by atoms with Crippen LogP contribution in [0.25, 0.3) is 0 Å². The number of anilines is 1. The lowest BCUT2D eigenvalue weighted by Crippen LogP contribution is -2.39. The molecule has 6 heteroatoms. The van der Waals surface area contributed by atoms with Gasteiger partial charge in [-0.2, -0.15) is 0 Å². The summed E-state index contributed by atoms with van der Waals surface area (Å²) < 4.78 is 0. The second kappa shape index (κ2) is 7.68. The van der Waals surface area contributed by atoms with Crippen molar-refractivity contribution in [3.05, 3.63) is 18.0 Å². The lowest BCUT2D eigenvalue weighted by molar-refractivity contribution is -0.129. The highest BCUT2D eigenvalue weighted by atomic mass is 16.2. The molecule has 1 N–H and O–H groups in total. The Morgan fingerprint density at radius 1 is 1.26 bits per heavy atom. The molecule has 0 aliphatic heterocycles. The number of nitrogens with zero attached hydrogens (tertiary/aromatic N) is 4. The number of rotatable bonds is 7. The van der Waals surface area contributed by atoms with E-state index in [-0.39, 0.29) is 5.91 Å². The summed E-state index contributed by atoms with van der Waals surface area (Å²) in [5, 5.41) is 3.04. The first-order valence-electron chi connectivity index (χ1n) is 6.56. The molecule has 0 fully saturated rings. The van der Waals surface area contributed by atoms with Crippen LogP contribution in [0.5, 0.6) is 0 Å². The fourth-order valence-corrected chi connectivity index (χ4v) is 1.79. The molecule has 19 heavy (non-hydrogen) atoms. The second-order valence-electron chi connectivity index (χ2n) is 4.34. The number of nitrogens with one attached hydrogen (secondary N) is 1. The largest absolute Gasteiger partial charge is 0.342 e. The van der Waals surface area contributed by atoms with Gasteiger partial charge in [0.15, 0.2) is 0 Å². The van der Waals surface area contributed by atoms with Crippen LogP contribution >= 0.6 is 0 Å². The standard InChI is InChI=1S/C13H23N5O/c1-5-18(6-2)12(19)10-17(4)13-15-8-11(7-14-3)9-16-13/h8-9,14H,5-7,10H2,1-4H3. The lowest BCUT2D eigenvalue weighted by Gasteiger charge is -2.23. The van der Waals surface area contributed by atoms with Gasteiger partial charge in [-0.1, -0.05) is 0 Å². The van der Waals surface area contributed by atoms with Crippen molar-refractivity contribution in [3.63, 3.8) is 0 Å². The molecule has 1 amide bonds. The number of hydrogen-bond acceptors (Lipinski definition) is 5. The monoisotopic (exact) mass is 265 g/mol. The van der Waals surface area contributed by atoms with Crippen LogP contribution in [0.4, 0.5) is 5.95 Å². The van der Waals surface area contributed by atoms with Gasteiger partial charge in [0.1, 0.15) is 0 Å². The maximum Gasteiger partial charge on any atom is 0.242 e. The van der Waals surface area contributed by atoms with E-state index in [4.69, 9.17) is 0 Å². The Balaban J connectivity index is 2.62. The quantitative estimate of drug-likeness (QED) is 0.778. The number of carbonyl (C=O) groups is 1. The zero-order valence-electron chi connectivity index (χ0n) is 12.2. The Morgan fingerprint density at radius 3 is 2.32 bits per heavy atom. The molecule has 0 radical (unpaired) electrons. The fourth-order valence-electron chi connectivity index (χ4n) is 1.79. The molecule has 0 bridgehead atoms. The third kappa shape index (κ3) is 4.48. The first-order valence-corrected chi connectivity index (χ1v) is 6.56. The van der Waals surface area contributed by atoms with Gasteiger partial charge in [0.2, 0.25) is 11.9 Å². The normalized spacial score (nSPS) is 10.3. The van der Waals surface area contributed by atoms with E-state index < -0.39 is 0 Å². The number of amides is 1. The van der Waals surface area contributed by atoms with Crippen LogP contribution < -0.4 is 10.2 Å². The minimum Gasteiger partial charge on any atom is -0.342 e. The average Bonchev–Trinajstić information content (AvgIpc) is 2.41. The highest BCUT2D eigenvalue weighted by Crippen LogP contribution is 2.05. The van der Waals surface area contributed by atoms with E-state index in [9.17, 15) is 4.79 Å². The van der Waals surface area contributed by atoms with Crippen LogP contribution in [0.3, 0.4) is 0 Å². The minimum atomic E-state index is 0.0930. The van der Waals surface area contributed by atoms with E-state index in [0.29, 0.717) is 12.5 Å². The van der Waals surface area contributed by atoms with Crippen molar-refractivity contribution in [3.8, 4) is 0 Å². The SMILES string of the molecule is CCN(CC)C(=O)CN(C)c1ncc(CNC)cn1. The van der Waals surface area contributed by atoms with Crippen molar-refractivity contribution in [2.24, 2.45) is 0 Å². The number of aromatic nitrogens is 2. The molecule has 0 atom stereocenters. The van der Waals surface area contributed by atoms with Crippen LogP contribution in [0, 0.1) is 0 Å². The van der Waals surface area contributed by atoms with E-state index in [2.05, 4.69) is 15.3 Å². The van der Waals surface area contributed by atoms with Crippen molar-refractivity contribution in [2.45, 2.75) is 20.4 Å². The zero-order chi connectivity index (χ0) is 14.3. The zero-order valence-corrected chi connectivity index (χ0v) is 12.2. The summed E-state index contributed by atoms with van der Waals surface area (Å²) in [6.07, 6.45) is 3.55. The first-order chi connectivity index (χ1) is 9.12. The Kier molecular flexibility index (Phi) is 6.21. The second-order valence-corrected chi connectivity index (χ2v) is 4.34. The highest BCUT2D eigenvalue weighted by molar-refractivity contribution is 5.80. The first kappa shape index (κ1) is 15.4. The van der Waals surface area contributed by atoms with Crippen molar-refractivity contribution in [1.29, 1.82) is 0 Å². The van der Waals surface area contributed by atoms with Crippen molar-refractivity contribution in [1.82, 2.24) is 20.2 Å². The topological polar surface area (TPSA) is 61.4 Å². The van der Waals surface area contributed by atoms with Crippen LogP contribution in [-0.4, -0.2) is 54.5 Å². The predicted octanol–water partition coefficient (Wildman–Crippen LogP) is 0.501. The van der Waals surface area contributed by atoms with Crippen molar-refractivity contribution < 1.29 is 4.79 Å². The number of hydrogen-bond donors (Lipinski definition) is 1. The number of likely N-dealkylation sites (N-methyl/N-ethyl adjacent to an activating group) is 2. The van der Waals surface area contributed by atoms with Gasteiger partial charge in [0.25, 0.3) is 0 Å². The molecular formula is C13H23N5O. The van der Waals surface area contributed by atoms with Gasteiger partial charge >= 0.3 is 0 Å². The summed E-state index contributed by atoms with van der Waals surface area (Å²) in [6, 6.07) is 0. The molecule has 0 aliphatic rings. The molecule has 0 saturated carbocycles. The van der Waals surface area contributed by atoms with E-state index in [1.54, 1.807) is 22.2 Å². The van der Waals surface area contributed by atoms with Crippen LogP contribution in [0.2, 0.25) is 0 Å². The summed E-state index contributed by atoms with van der Waals surface area (Å²) in [7, 11) is 3.71. The van der Waals surface area contributed by atoms with Gasteiger partial charge in [0.05, 0.1) is 6.54 Å². The van der Waals surface area contributed by atoms with Gasteiger partial charge < -0.3 is 15.1 Å². The maximum absolute atomic E-state index is 12.0. The van der Waals surface area contributed by atoms with Crippen LogP contribution in [0.15, 0.2) is 12.4 Å². The minimum absolute atomic E-state index is 0.0930. The van der Waals surface area contributed by atoms with Gasteiger partial charge in [-0.05, 0) is 20.9 Å². The predicted molar refractivity (Wildman–Crippen MR) is 76.0 cm³/mol. The molecule has 6 nitrogen and oxygen atoms in total. The molecule has 106 valence electrons. The fraction of sp³-hybridized carbons (Fsp3) is 0.615. The molecule has 1 aromatic rings. The summed E-state index contributed by atoms with van der Waals surface area (Å²) in [4.78, 5) is 24.1. The third-order valence-electron chi connectivity index (χ3n) is 2.90. The Hall–Kier alpha value is -1.69. The molecule has 1 aromatic heterocycles. The van der Waals surface area contributed by atoms with Gasteiger partial charge in [0, 0.05) is 44.6 Å². The van der Waals surface area contributed by atoms with E-state index in [1.807, 2.05) is 27.9 Å². The van der Waals surface area contributed by atoms with E-state index >= 15 is 0 Å². The Morgan fingerprint density at radius 2 is 1.84 bits per heavy atom. The van der Waals surface area contributed by atoms with E-state index in [1.165, 1.54) is 0 Å². The molecule has 1 heterocycles. The maximum atomic E-state index is 12.0. The third-order valence-corrected chi connectivity index (χ3v) is 2.90. The highest BCUT2D eigenvalue weighted by Gasteiger charge is 2.14. The van der Waals surface area contributed by atoms with Crippen LogP contribution in [0.1, 0.15) is 19.4 Å². The molecule has 0 spiro atoms. The van der Waals surface area contributed by atoms with Gasteiger partial charge in [-0.15, -0.1) is 0 Å².